The van der Waals surface area contributed by atoms with E-state index in [1.54, 1.807) is 0 Å². The maximum Gasteiger partial charge on any atom is 0.147 e. The van der Waals surface area contributed by atoms with Gasteiger partial charge in [-0.25, -0.2) is 4.98 Å². The summed E-state index contributed by atoms with van der Waals surface area (Å²) in [7, 11) is 4.31. The van der Waals surface area contributed by atoms with Crippen molar-refractivity contribution in [2.45, 2.75) is 26.3 Å². The lowest BCUT2D eigenvalue weighted by Gasteiger charge is -2.33. The molecule has 0 aromatic carbocycles. The van der Waals surface area contributed by atoms with Crippen molar-refractivity contribution in [2.24, 2.45) is 5.92 Å². The molecule has 0 spiro atoms. The monoisotopic (exact) mass is 277 g/mol. The molecule has 2 rings (SSSR count). The molecule has 0 bridgehead atoms. The largest absolute Gasteiger partial charge is 0.355 e. The van der Waals surface area contributed by atoms with Gasteiger partial charge in [0.25, 0.3) is 0 Å². The van der Waals surface area contributed by atoms with Gasteiger partial charge < -0.3 is 15.1 Å². The van der Waals surface area contributed by atoms with E-state index in [0.29, 0.717) is 0 Å². The molecule has 1 aromatic rings. The molecule has 0 radical (unpaired) electrons. The van der Waals surface area contributed by atoms with Crippen LogP contribution < -0.4 is 10.2 Å². The molecule has 1 aromatic heterocycles. The lowest BCUT2D eigenvalue weighted by molar-refractivity contribution is 0.284. The second-order valence-electron chi connectivity index (χ2n) is 5.84. The zero-order valence-electron chi connectivity index (χ0n) is 13.0. The molecule has 112 valence electrons. The molecular formula is C15H27N5. The number of rotatable bonds is 6. The van der Waals surface area contributed by atoms with E-state index < -0.39 is 0 Å². The minimum Gasteiger partial charge on any atom is -0.355 e. The van der Waals surface area contributed by atoms with Gasteiger partial charge in [0, 0.05) is 32.4 Å². The van der Waals surface area contributed by atoms with Gasteiger partial charge in [0.2, 0.25) is 0 Å². The van der Waals surface area contributed by atoms with Crippen LogP contribution in [-0.4, -0.2) is 55.1 Å². The van der Waals surface area contributed by atoms with Crippen LogP contribution in [0.2, 0.25) is 0 Å². The fourth-order valence-corrected chi connectivity index (χ4v) is 2.75. The third-order valence-corrected chi connectivity index (χ3v) is 3.79. The SMILES string of the molecule is CCNCc1cncc(N2CCC(CN(C)C)CC2)n1. The van der Waals surface area contributed by atoms with Crippen LogP contribution in [0.3, 0.4) is 0 Å². The van der Waals surface area contributed by atoms with E-state index in [2.05, 4.69) is 41.1 Å². The van der Waals surface area contributed by atoms with Crippen LogP contribution in [0, 0.1) is 5.92 Å². The van der Waals surface area contributed by atoms with Gasteiger partial charge in [-0.2, -0.15) is 0 Å². The fraction of sp³-hybridized carbons (Fsp3) is 0.733. The first kappa shape index (κ1) is 15.2. The molecular weight excluding hydrogens is 250 g/mol. The summed E-state index contributed by atoms with van der Waals surface area (Å²) in [4.78, 5) is 13.7. The van der Waals surface area contributed by atoms with Crippen molar-refractivity contribution in [3.8, 4) is 0 Å². The number of nitrogens with zero attached hydrogens (tertiary/aromatic N) is 4. The Balaban J connectivity index is 1.89. The maximum atomic E-state index is 4.71. The van der Waals surface area contributed by atoms with Gasteiger partial charge in [0.15, 0.2) is 0 Å². The zero-order valence-corrected chi connectivity index (χ0v) is 13.0. The molecule has 0 saturated carbocycles. The van der Waals surface area contributed by atoms with Gasteiger partial charge in [-0.3, -0.25) is 4.98 Å². The number of nitrogens with one attached hydrogen (secondary N) is 1. The van der Waals surface area contributed by atoms with Crippen molar-refractivity contribution >= 4 is 5.82 Å². The summed E-state index contributed by atoms with van der Waals surface area (Å²) in [6.45, 7) is 7.25. The number of piperidine rings is 1. The van der Waals surface area contributed by atoms with E-state index in [1.807, 2.05) is 12.4 Å². The molecule has 20 heavy (non-hydrogen) atoms. The Bertz CT molecular complexity index is 399. The van der Waals surface area contributed by atoms with Crippen molar-refractivity contribution in [1.29, 1.82) is 0 Å². The second kappa shape index (κ2) is 7.55. The lowest BCUT2D eigenvalue weighted by Crippen LogP contribution is -2.37. The Morgan fingerprint density at radius 2 is 2.05 bits per heavy atom. The van der Waals surface area contributed by atoms with E-state index in [9.17, 15) is 0 Å². The average Bonchev–Trinajstić information content (AvgIpc) is 2.45. The maximum absolute atomic E-state index is 4.71. The van der Waals surface area contributed by atoms with Gasteiger partial charge in [-0.05, 0) is 39.4 Å². The smallest absolute Gasteiger partial charge is 0.147 e. The highest BCUT2D eigenvalue weighted by molar-refractivity contribution is 5.36. The third-order valence-electron chi connectivity index (χ3n) is 3.79. The average molecular weight is 277 g/mol. The minimum absolute atomic E-state index is 0.800. The zero-order chi connectivity index (χ0) is 14.4. The molecule has 1 fully saturated rings. The molecule has 0 aliphatic carbocycles. The Labute approximate surface area is 122 Å². The second-order valence-corrected chi connectivity index (χ2v) is 5.84. The number of hydrogen-bond donors (Lipinski definition) is 1. The van der Waals surface area contributed by atoms with E-state index in [0.717, 1.165) is 43.6 Å². The summed E-state index contributed by atoms with van der Waals surface area (Å²) in [6.07, 6.45) is 6.24. The van der Waals surface area contributed by atoms with Crippen LogP contribution in [0.25, 0.3) is 0 Å². The fourth-order valence-electron chi connectivity index (χ4n) is 2.75. The highest BCUT2D eigenvalue weighted by atomic mass is 15.2. The summed E-state index contributed by atoms with van der Waals surface area (Å²) in [5.74, 6) is 1.85. The number of hydrogen-bond acceptors (Lipinski definition) is 5. The van der Waals surface area contributed by atoms with Crippen molar-refractivity contribution < 1.29 is 0 Å². The highest BCUT2D eigenvalue weighted by Crippen LogP contribution is 2.21. The molecule has 5 nitrogen and oxygen atoms in total. The predicted molar refractivity (Wildman–Crippen MR) is 82.9 cm³/mol. The van der Waals surface area contributed by atoms with E-state index >= 15 is 0 Å². The summed E-state index contributed by atoms with van der Waals surface area (Å²) < 4.78 is 0. The van der Waals surface area contributed by atoms with Crippen LogP contribution >= 0.6 is 0 Å². The quantitative estimate of drug-likeness (QED) is 0.850. The normalized spacial score (nSPS) is 16.9. The summed E-state index contributed by atoms with van der Waals surface area (Å²) in [5, 5.41) is 3.30. The number of aromatic nitrogens is 2. The van der Waals surface area contributed by atoms with Crippen molar-refractivity contribution in [3.05, 3.63) is 18.1 Å². The molecule has 1 aliphatic rings. The first-order chi connectivity index (χ1) is 9.69. The summed E-state index contributed by atoms with van der Waals surface area (Å²) in [5.41, 5.74) is 1.03. The predicted octanol–water partition coefficient (Wildman–Crippen LogP) is 1.36. The molecule has 0 atom stereocenters. The van der Waals surface area contributed by atoms with Crippen LogP contribution in [-0.2, 0) is 6.54 Å². The molecule has 2 heterocycles. The van der Waals surface area contributed by atoms with Gasteiger partial charge >= 0.3 is 0 Å². The molecule has 5 heteroatoms. The summed E-state index contributed by atoms with van der Waals surface area (Å²) >= 11 is 0. The Morgan fingerprint density at radius 1 is 1.30 bits per heavy atom. The van der Waals surface area contributed by atoms with Crippen molar-refractivity contribution in [2.75, 3.05) is 45.2 Å². The first-order valence-corrected chi connectivity index (χ1v) is 7.60. The van der Waals surface area contributed by atoms with Crippen molar-refractivity contribution in [3.63, 3.8) is 0 Å². The third kappa shape index (κ3) is 4.42. The molecule has 1 aliphatic heterocycles. The first-order valence-electron chi connectivity index (χ1n) is 7.60. The summed E-state index contributed by atoms with van der Waals surface area (Å²) in [6, 6.07) is 0. The molecule has 0 amide bonds. The Morgan fingerprint density at radius 3 is 2.70 bits per heavy atom. The van der Waals surface area contributed by atoms with E-state index in [-0.39, 0.29) is 0 Å². The van der Waals surface area contributed by atoms with Gasteiger partial charge in [0.05, 0.1) is 11.9 Å². The van der Waals surface area contributed by atoms with Crippen LogP contribution in [0.1, 0.15) is 25.5 Å². The Hall–Kier alpha value is -1.20. The van der Waals surface area contributed by atoms with Gasteiger partial charge in [-0.15, -0.1) is 0 Å². The van der Waals surface area contributed by atoms with Crippen LogP contribution in [0.4, 0.5) is 5.82 Å². The van der Waals surface area contributed by atoms with Crippen LogP contribution in [0.15, 0.2) is 12.4 Å². The lowest BCUT2D eigenvalue weighted by atomic mass is 9.96. The minimum atomic E-state index is 0.800. The highest BCUT2D eigenvalue weighted by Gasteiger charge is 2.20. The van der Waals surface area contributed by atoms with Crippen LogP contribution in [0.5, 0.6) is 0 Å². The Kier molecular flexibility index (Phi) is 5.73. The molecule has 0 unspecified atom stereocenters. The topological polar surface area (TPSA) is 44.3 Å². The standard InChI is InChI=1S/C15H27N5/c1-4-16-9-14-10-17-11-15(18-14)20-7-5-13(6-8-20)12-19(2)3/h10-11,13,16H,4-9,12H2,1-3H3. The number of anilines is 1. The van der Waals surface area contributed by atoms with E-state index in [4.69, 9.17) is 4.98 Å². The molecule has 1 saturated heterocycles. The van der Waals surface area contributed by atoms with E-state index in [1.165, 1.54) is 19.4 Å². The molecule has 1 N–H and O–H groups in total. The van der Waals surface area contributed by atoms with Gasteiger partial charge in [0.1, 0.15) is 5.82 Å². The van der Waals surface area contributed by atoms with Gasteiger partial charge in [-0.1, -0.05) is 6.92 Å². The van der Waals surface area contributed by atoms with Crippen molar-refractivity contribution in [1.82, 2.24) is 20.2 Å².